The minimum absolute atomic E-state index is 0.0265. The van der Waals surface area contributed by atoms with Gasteiger partial charge >= 0.3 is 5.69 Å². The molecule has 2 aliphatic rings. The van der Waals surface area contributed by atoms with Crippen LogP contribution in [0.25, 0.3) is 10.9 Å². The Bertz CT molecular complexity index is 1460. The summed E-state index contributed by atoms with van der Waals surface area (Å²) in [5.41, 5.74) is -0.244. The number of benzene rings is 2. The zero-order chi connectivity index (χ0) is 26.3. The molecular weight excluding hydrogens is 509 g/mol. The number of halogens is 4. The van der Waals surface area contributed by atoms with Gasteiger partial charge in [-0.1, -0.05) is 17.7 Å². The molecule has 1 unspecified atom stereocenters. The van der Waals surface area contributed by atoms with E-state index in [-0.39, 0.29) is 58.9 Å². The fourth-order valence-corrected chi connectivity index (χ4v) is 5.54. The first kappa shape index (κ1) is 25.5. The number of fused-ring (bicyclic) bond motifs is 1. The summed E-state index contributed by atoms with van der Waals surface area (Å²) in [4.78, 5) is 42.1. The van der Waals surface area contributed by atoms with Gasteiger partial charge in [0.25, 0.3) is 11.5 Å². The predicted octanol–water partition coefficient (Wildman–Crippen LogP) is 3.91. The van der Waals surface area contributed by atoms with Crippen LogP contribution in [0, 0.1) is 5.82 Å². The molecule has 1 aliphatic heterocycles. The third-order valence-corrected chi connectivity index (χ3v) is 7.66. The molecule has 2 aromatic carbocycles. The molecule has 1 amide bonds. The van der Waals surface area contributed by atoms with Crippen LogP contribution < -0.4 is 16.6 Å². The lowest BCUT2D eigenvalue weighted by Gasteiger charge is -2.34. The van der Waals surface area contributed by atoms with E-state index < -0.39 is 23.0 Å². The zero-order valence-electron chi connectivity index (χ0n) is 19.9. The van der Waals surface area contributed by atoms with Crippen LogP contribution in [0.3, 0.4) is 0 Å². The van der Waals surface area contributed by atoms with Crippen molar-refractivity contribution >= 4 is 28.4 Å². The van der Waals surface area contributed by atoms with Gasteiger partial charge in [0.2, 0.25) is 5.92 Å². The van der Waals surface area contributed by atoms with Gasteiger partial charge in [-0.25, -0.2) is 18.0 Å². The number of aromatic amines is 1. The molecule has 1 aliphatic carbocycles. The monoisotopic (exact) mass is 534 g/mol. The van der Waals surface area contributed by atoms with Crippen molar-refractivity contribution in [2.24, 2.45) is 0 Å². The van der Waals surface area contributed by atoms with Crippen molar-refractivity contribution in [3.63, 3.8) is 0 Å². The van der Waals surface area contributed by atoms with Crippen molar-refractivity contribution < 1.29 is 18.0 Å². The molecule has 37 heavy (non-hydrogen) atoms. The van der Waals surface area contributed by atoms with Gasteiger partial charge < -0.3 is 5.32 Å². The third-order valence-electron chi connectivity index (χ3n) is 7.33. The molecule has 1 saturated heterocycles. The Hall–Kier alpha value is -3.11. The van der Waals surface area contributed by atoms with Gasteiger partial charge in [-0.15, -0.1) is 0 Å². The SMILES string of the molecule is O=C(NC1CCN(C2CCC(F)(F)CC2)C1)c1cc(Cn2c(=O)[nH]c(=O)c3cc(F)ccc32)ccc1Cl. The molecule has 1 atom stereocenters. The van der Waals surface area contributed by atoms with Crippen molar-refractivity contribution in [2.45, 2.75) is 56.7 Å². The van der Waals surface area contributed by atoms with Gasteiger partial charge in [-0.2, -0.15) is 0 Å². The van der Waals surface area contributed by atoms with E-state index in [1.165, 1.54) is 16.7 Å². The summed E-state index contributed by atoms with van der Waals surface area (Å²) in [7, 11) is 0. The number of carbonyl (C=O) groups is 1. The summed E-state index contributed by atoms with van der Waals surface area (Å²) in [6.45, 7) is 1.35. The summed E-state index contributed by atoms with van der Waals surface area (Å²) >= 11 is 6.32. The van der Waals surface area contributed by atoms with Crippen LogP contribution in [0.15, 0.2) is 46.0 Å². The van der Waals surface area contributed by atoms with E-state index in [2.05, 4.69) is 15.2 Å². The van der Waals surface area contributed by atoms with E-state index in [1.54, 1.807) is 18.2 Å². The normalized spacial score (nSPS) is 20.4. The van der Waals surface area contributed by atoms with E-state index in [0.29, 0.717) is 31.4 Å². The number of hydrogen-bond acceptors (Lipinski definition) is 4. The van der Waals surface area contributed by atoms with Gasteiger partial charge in [0.1, 0.15) is 5.82 Å². The van der Waals surface area contributed by atoms with Crippen molar-refractivity contribution in [3.05, 3.63) is 79.2 Å². The number of likely N-dealkylation sites (tertiary alicyclic amines) is 1. The maximum absolute atomic E-state index is 13.7. The molecule has 7 nitrogen and oxygen atoms in total. The molecule has 0 spiro atoms. The van der Waals surface area contributed by atoms with E-state index in [4.69, 9.17) is 11.6 Å². The average molecular weight is 535 g/mol. The van der Waals surface area contributed by atoms with Crippen LogP contribution in [0.2, 0.25) is 5.02 Å². The highest BCUT2D eigenvalue weighted by Gasteiger charge is 2.39. The Balaban J connectivity index is 1.30. The molecule has 1 saturated carbocycles. The standard InChI is InChI=1S/C26H26ClF3N4O3/c27-21-3-1-15(13-34-22-4-2-16(28)12-20(22)24(36)32-25(34)37)11-19(21)23(35)31-17-7-10-33(14-17)18-5-8-26(29,30)9-6-18/h1-4,11-12,17-18H,5-10,13-14H2,(H,31,35)(H,32,36,37). The second kappa shape index (κ2) is 9.98. The highest BCUT2D eigenvalue weighted by atomic mass is 35.5. The fourth-order valence-electron chi connectivity index (χ4n) is 5.34. The Labute approximate surface area is 215 Å². The topological polar surface area (TPSA) is 87.2 Å². The highest BCUT2D eigenvalue weighted by molar-refractivity contribution is 6.33. The lowest BCUT2D eigenvalue weighted by molar-refractivity contribution is -0.0516. The minimum atomic E-state index is -2.58. The average Bonchev–Trinajstić information content (AvgIpc) is 3.31. The zero-order valence-corrected chi connectivity index (χ0v) is 20.7. The van der Waals surface area contributed by atoms with Crippen molar-refractivity contribution in [3.8, 4) is 0 Å². The first-order valence-electron chi connectivity index (χ1n) is 12.2. The Morgan fingerprint density at radius 3 is 2.62 bits per heavy atom. The van der Waals surface area contributed by atoms with Gasteiger partial charge in [-0.05, 0) is 55.2 Å². The molecule has 2 N–H and O–H groups in total. The van der Waals surface area contributed by atoms with Crippen molar-refractivity contribution in [2.75, 3.05) is 13.1 Å². The largest absolute Gasteiger partial charge is 0.348 e. The molecule has 0 radical (unpaired) electrons. The number of nitrogens with one attached hydrogen (secondary N) is 2. The molecule has 3 aromatic rings. The lowest BCUT2D eigenvalue weighted by Crippen LogP contribution is -2.42. The molecule has 1 aromatic heterocycles. The lowest BCUT2D eigenvalue weighted by atomic mass is 9.91. The molecule has 11 heteroatoms. The predicted molar refractivity (Wildman–Crippen MR) is 134 cm³/mol. The van der Waals surface area contributed by atoms with Crippen LogP contribution in [0.4, 0.5) is 13.2 Å². The number of alkyl halides is 2. The summed E-state index contributed by atoms with van der Waals surface area (Å²) < 4.78 is 42.0. The molecule has 0 bridgehead atoms. The van der Waals surface area contributed by atoms with E-state index in [9.17, 15) is 27.6 Å². The third kappa shape index (κ3) is 5.45. The molecule has 2 heterocycles. The Morgan fingerprint density at radius 1 is 1.11 bits per heavy atom. The maximum atomic E-state index is 13.7. The second-order valence-corrected chi connectivity index (χ2v) is 10.3. The van der Waals surface area contributed by atoms with Gasteiger partial charge in [0, 0.05) is 38.0 Å². The van der Waals surface area contributed by atoms with E-state index in [0.717, 1.165) is 12.6 Å². The van der Waals surface area contributed by atoms with Crippen LogP contribution in [-0.4, -0.2) is 51.5 Å². The van der Waals surface area contributed by atoms with Gasteiger partial charge in [0.05, 0.1) is 28.0 Å². The number of hydrogen-bond donors (Lipinski definition) is 2. The number of rotatable bonds is 5. The van der Waals surface area contributed by atoms with Crippen molar-refractivity contribution in [1.29, 1.82) is 0 Å². The summed E-state index contributed by atoms with van der Waals surface area (Å²) in [5.74, 6) is -3.54. The van der Waals surface area contributed by atoms with Crippen LogP contribution >= 0.6 is 11.6 Å². The number of H-pyrrole nitrogens is 1. The van der Waals surface area contributed by atoms with Crippen LogP contribution in [0.5, 0.6) is 0 Å². The molecule has 5 rings (SSSR count). The number of aromatic nitrogens is 2. The second-order valence-electron chi connectivity index (χ2n) is 9.86. The summed E-state index contributed by atoms with van der Waals surface area (Å²) in [5, 5.41) is 3.28. The van der Waals surface area contributed by atoms with E-state index in [1.807, 2.05) is 0 Å². The summed E-state index contributed by atoms with van der Waals surface area (Å²) in [6, 6.07) is 8.39. The fraction of sp³-hybridized carbons (Fsp3) is 0.423. The Morgan fingerprint density at radius 2 is 1.86 bits per heavy atom. The summed E-state index contributed by atoms with van der Waals surface area (Å²) in [6.07, 6.45) is 1.41. The van der Waals surface area contributed by atoms with Crippen LogP contribution in [0.1, 0.15) is 48.0 Å². The first-order chi connectivity index (χ1) is 17.6. The molecule has 196 valence electrons. The van der Waals surface area contributed by atoms with Gasteiger partial charge in [0.15, 0.2) is 0 Å². The number of amides is 1. The van der Waals surface area contributed by atoms with Gasteiger partial charge in [-0.3, -0.25) is 24.0 Å². The maximum Gasteiger partial charge on any atom is 0.329 e. The minimum Gasteiger partial charge on any atom is -0.348 e. The van der Waals surface area contributed by atoms with E-state index >= 15 is 0 Å². The smallest absolute Gasteiger partial charge is 0.329 e. The number of nitrogens with zero attached hydrogens (tertiary/aromatic N) is 2. The Kier molecular flexibility index (Phi) is 6.89. The quantitative estimate of drug-likeness (QED) is 0.519. The van der Waals surface area contributed by atoms with Crippen molar-refractivity contribution in [1.82, 2.24) is 19.8 Å². The highest BCUT2D eigenvalue weighted by Crippen LogP contribution is 2.36. The first-order valence-corrected chi connectivity index (χ1v) is 12.6. The molecular formula is C26H26ClF3N4O3. The molecule has 2 fully saturated rings. The number of carbonyl (C=O) groups excluding carboxylic acids is 1. The van der Waals surface area contributed by atoms with Crippen LogP contribution in [-0.2, 0) is 6.54 Å².